The molecule has 1 aliphatic carbocycles. The number of ether oxygens (including phenoxy) is 1. The molecule has 2 aliphatic rings. The Morgan fingerprint density at radius 3 is 2.21 bits per heavy atom. The van der Waals surface area contributed by atoms with Gasteiger partial charge in [0.2, 0.25) is 5.91 Å². The number of hydrogen-bond acceptors (Lipinski definition) is 3. The summed E-state index contributed by atoms with van der Waals surface area (Å²) in [5.41, 5.74) is 2.15. The second-order valence-electron chi connectivity index (χ2n) is 7.96. The Bertz CT molecular complexity index is 588. The van der Waals surface area contributed by atoms with Gasteiger partial charge in [-0.15, -0.1) is 0 Å². The molecule has 1 amide bonds. The molecule has 0 bridgehead atoms. The number of piperazine rings is 1. The standard InChI is InChI=1S/C20H30N2O2/c1-16-5-7-17(8-6-16)20(15-19(20,2)3)18(23)22-11-9-21(10-12-22)13-14-24-4/h5-8H,9-15H2,1-4H3/t20-/m1/s1. The number of hydrogen-bond donors (Lipinski definition) is 0. The maximum atomic E-state index is 13.4. The summed E-state index contributed by atoms with van der Waals surface area (Å²) in [5.74, 6) is 0.322. The van der Waals surface area contributed by atoms with Gasteiger partial charge in [0.05, 0.1) is 12.0 Å². The highest BCUT2D eigenvalue weighted by Crippen LogP contribution is 2.65. The van der Waals surface area contributed by atoms with Crippen molar-refractivity contribution in [3.8, 4) is 0 Å². The number of methoxy groups -OCH3 is 1. The lowest BCUT2D eigenvalue weighted by Crippen LogP contribution is -2.52. The lowest BCUT2D eigenvalue weighted by Gasteiger charge is -2.37. The molecule has 132 valence electrons. The zero-order valence-corrected chi connectivity index (χ0v) is 15.5. The Labute approximate surface area is 145 Å². The van der Waals surface area contributed by atoms with Crippen LogP contribution >= 0.6 is 0 Å². The van der Waals surface area contributed by atoms with E-state index in [1.165, 1.54) is 11.1 Å². The van der Waals surface area contributed by atoms with E-state index in [1.54, 1.807) is 7.11 Å². The maximum absolute atomic E-state index is 13.4. The van der Waals surface area contributed by atoms with Crippen molar-refractivity contribution < 1.29 is 9.53 Å². The molecule has 1 aromatic rings. The molecule has 0 aromatic heterocycles. The zero-order chi connectivity index (χ0) is 17.4. The maximum Gasteiger partial charge on any atom is 0.233 e. The van der Waals surface area contributed by atoms with Gasteiger partial charge in [-0.2, -0.15) is 0 Å². The van der Waals surface area contributed by atoms with Gasteiger partial charge in [-0.05, 0) is 24.3 Å². The Balaban J connectivity index is 1.72. The van der Waals surface area contributed by atoms with Crippen LogP contribution in [0.5, 0.6) is 0 Å². The number of carbonyl (C=O) groups is 1. The summed E-state index contributed by atoms with van der Waals surface area (Å²) < 4.78 is 5.16. The number of rotatable bonds is 5. The quantitative estimate of drug-likeness (QED) is 0.831. The van der Waals surface area contributed by atoms with Crippen molar-refractivity contribution >= 4 is 5.91 Å². The number of amides is 1. The Kier molecular flexibility index (Phi) is 4.71. The molecule has 4 heteroatoms. The fourth-order valence-electron chi connectivity index (χ4n) is 4.10. The molecule has 1 saturated heterocycles. The van der Waals surface area contributed by atoms with Gasteiger partial charge in [-0.1, -0.05) is 43.7 Å². The molecule has 1 atom stereocenters. The minimum absolute atomic E-state index is 0.0481. The monoisotopic (exact) mass is 330 g/mol. The molecular weight excluding hydrogens is 300 g/mol. The topological polar surface area (TPSA) is 32.8 Å². The van der Waals surface area contributed by atoms with E-state index >= 15 is 0 Å². The molecule has 4 nitrogen and oxygen atoms in total. The lowest BCUT2D eigenvalue weighted by atomic mass is 9.86. The van der Waals surface area contributed by atoms with Crippen LogP contribution in [0.3, 0.4) is 0 Å². The van der Waals surface area contributed by atoms with Crippen LogP contribution in [0.2, 0.25) is 0 Å². The van der Waals surface area contributed by atoms with Gasteiger partial charge in [0.15, 0.2) is 0 Å². The molecule has 3 rings (SSSR count). The molecule has 2 fully saturated rings. The zero-order valence-electron chi connectivity index (χ0n) is 15.5. The lowest BCUT2D eigenvalue weighted by molar-refractivity contribution is -0.136. The van der Waals surface area contributed by atoms with Crippen molar-refractivity contribution in [2.45, 2.75) is 32.6 Å². The molecule has 0 radical (unpaired) electrons. The van der Waals surface area contributed by atoms with Crippen LogP contribution in [0.1, 0.15) is 31.4 Å². The SMILES string of the molecule is COCCN1CCN(C(=O)[C@]2(c3ccc(C)cc3)CC2(C)C)CC1. The van der Waals surface area contributed by atoms with Crippen molar-refractivity contribution in [3.63, 3.8) is 0 Å². The Morgan fingerprint density at radius 1 is 1.12 bits per heavy atom. The molecule has 1 aliphatic heterocycles. The minimum Gasteiger partial charge on any atom is -0.383 e. The first-order chi connectivity index (χ1) is 11.4. The summed E-state index contributed by atoms with van der Waals surface area (Å²) >= 11 is 0. The molecular formula is C20H30N2O2. The Morgan fingerprint density at radius 2 is 1.71 bits per heavy atom. The van der Waals surface area contributed by atoms with E-state index in [9.17, 15) is 4.79 Å². The predicted molar refractivity (Wildman–Crippen MR) is 96.2 cm³/mol. The summed E-state index contributed by atoms with van der Waals surface area (Å²) in [4.78, 5) is 17.8. The molecule has 1 aromatic carbocycles. The second kappa shape index (κ2) is 6.49. The smallest absolute Gasteiger partial charge is 0.233 e. The largest absolute Gasteiger partial charge is 0.383 e. The van der Waals surface area contributed by atoms with Crippen molar-refractivity contribution in [1.82, 2.24) is 9.80 Å². The van der Waals surface area contributed by atoms with Crippen molar-refractivity contribution in [2.24, 2.45) is 5.41 Å². The number of aryl methyl sites for hydroxylation is 1. The second-order valence-corrected chi connectivity index (χ2v) is 7.96. The van der Waals surface area contributed by atoms with E-state index in [0.717, 1.165) is 45.8 Å². The highest BCUT2D eigenvalue weighted by atomic mass is 16.5. The van der Waals surface area contributed by atoms with Crippen molar-refractivity contribution in [2.75, 3.05) is 46.4 Å². The summed E-state index contributed by atoms with van der Waals surface area (Å²) in [6, 6.07) is 8.55. The van der Waals surface area contributed by atoms with Gasteiger partial charge < -0.3 is 9.64 Å². The normalized spacial score (nSPS) is 26.4. The Hall–Kier alpha value is -1.39. The van der Waals surface area contributed by atoms with Crippen molar-refractivity contribution in [1.29, 1.82) is 0 Å². The molecule has 24 heavy (non-hydrogen) atoms. The van der Waals surface area contributed by atoms with Crippen LogP contribution in [0.25, 0.3) is 0 Å². The number of benzene rings is 1. The average Bonchev–Trinajstić information content (AvgIpc) is 3.17. The van der Waals surface area contributed by atoms with Crippen LogP contribution in [0.4, 0.5) is 0 Å². The van der Waals surface area contributed by atoms with Crippen LogP contribution in [0, 0.1) is 12.3 Å². The van der Waals surface area contributed by atoms with E-state index in [4.69, 9.17) is 4.74 Å². The first-order valence-electron chi connectivity index (χ1n) is 8.98. The van der Waals surface area contributed by atoms with E-state index in [2.05, 4.69) is 54.8 Å². The van der Waals surface area contributed by atoms with Gasteiger partial charge in [0.1, 0.15) is 0 Å². The summed E-state index contributed by atoms with van der Waals surface area (Å²) in [6.07, 6.45) is 0.950. The minimum atomic E-state index is -0.324. The van der Waals surface area contributed by atoms with E-state index in [-0.39, 0.29) is 10.8 Å². The van der Waals surface area contributed by atoms with Gasteiger partial charge in [-0.25, -0.2) is 0 Å². The number of carbonyl (C=O) groups excluding carboxylic acids is 1. The molecule has 0 N–H and O–H groups in total. The fourth-order valence-corrected chi connectivity index (χ4v) is 4.10. The van der Waals surface area contributed by atoms with E-state index in [0.29, 0.717) is 5.91 Å². The summed E-state index contributed by atoms with van der Waals surface area (Å²) in [7, 11) is 1.74. The summed E-state index contributed by atoms with van der Waals surface area (Å²) in [5, 5.41) is 0. The van der Waals surface area contributed by atoms with Crippen LogP contribution < -0.4 is 0 Å². The molecule has 1 heterocycles. The number of nitrogens with zero attached hydrogens (tertiary/aromatic N) is 2. The summed E-state index contributed by atoms with van der Waals surface area (Å²) in [6.45, 7) is 11.8. The third-order valence-electron chi connectivity index (χ3n) is 5.92. The molecule has 0 spiro atoms. The van der Waals surface area contributed by atoms with E-state index < -0.39 is 0 Å². The van der Waals surface area contributed by atoms with Gasteiger partial charge >= 0.3 is 0 Å². The highest BCUT2D eigenvalue weighted by Gasteiger charge is 2.67. The van der Waals surface area contributed by atoms with Gasteiger partial charge in [0.25, 0.3) is 0 Å². The predicted octanol–water partition coefficient (Wildman–Crippen LogP) is 2.45. The third kappa shape index (κ3) is 2.98. The van der Waals surface area contributed by atoms with Crippen molar-refractivity contribution in [3.05, 3.63) is 35.4 Å². The van der Waals surface area contributed by atoms with Crippen LogP contribution in [0.15, 0.2) is 24.3 Å². The third-order valence-corrected chi connectivity index (χ3v) is 5.92. The van der Waals surface area contributed by atoms with Crippen LogP contribution in [-0.4, -0.2) is 62.1 Å². The molecule has 1 saturated carbocycles. The van der Waals surface area contributed by atoms with Crippen LogP contribution in [-0.2, 0) is 14.9 Å². The molecule has 0 unspecified atom stereocenters. The average molecular weight is 330 g/mol. The highest BCUT2D eigenvalue weighted by molar-refractivity contribution is 5.93. The van der Waals surface area contributed by atoms with Gasteiger partial charge in [0, 0.05) is 39.8 Å². The fraction of sp³-hybridized carbons (Fsp3) is 0.650. The van der Waals surface area contributed by atoms with E-state index in [1.807, 2.05) is 0 Å². The first kappa shape index (κ1) is 17.4. The first-order valence-corrected chi connectivity index (χ1v) is 8.98. The van der Waals surface area contributed by atoms with Gasteiger partial charge in [-0.3, -0.25) is 9.69 Å².